The van der Waals surface area contributed by atoms with Crippen molar-refractivity contribution in [3.05, 3.63) is 39.2 Å². The van der Waals surface area contributed by atoms with E-state index in [-0.39, 0.29) is 29.6 Å². The van der Waals surface area contributed by atoms with Crippen LogP contribution in [0.15, 0.2) is 27.4 Å². The number of benzene rings is 1. The predicted molar refractivity (Wildman–Crippen MR) is 109 cm³/mol. The highest BCUT2D eigenvalue weighted by molar-refractivity contribution is 6.32. The molecule has 0 saturated carbocycles. The number of carbonyl (C=O) groups excluding carboxylic acids is 1. The molecular weight excluding hydrogens is 380 g/mol. The Morgan fingerprint density at radius 1 is 1.25 bits per heavy atom. The lowest BCUT2D eigenvalue weighted by Crippen LogP contribution is -3.06. The fourth-order valence-corrected chi connectivity index (χ4v) is 4.68. The molecule has 1 aromatic heterocycles. The van der Waals surface area contributed by atoms with Gasteiger partial charge in [-0.1, -0.05) is 11.6 Å². The maximum absolute atomic E-state index is 12.4. The summed E-state index contributed by atoms with van der Waals surface area (Å²) in [6.45, 7) is 10.4. The molecule has 0 unspecified atom stereocenters. The minimum atomic E-state index is -0.435. The minimum Gasteiger partial charge on any atom is -0.482 e. The van der Waals surface area contributed by atoms with Crippen molar-refractivity contribution in [3.8, 4) is 5.75 Å². The van der Waals surface area contributed by atoms with E-state index in [1.54, 1.807) is 12.1 Å². The molecule has 0 aliphatic carbocycles. The third-order valence-electron chi connectivity index (χ3n) is 5.05. The highest BCUT2D eigenvalue weighted by Gasteiger charge is 2.42. The Kier molecular flexibility index (Phi) is 5.47. The summed E-state index contributed by atoms with van der Waals surface area (Å²) in [4.78, 5) is 24.0. The molecule has 1 aromatic carbocycles. The monoisotopic (exact) mass is 407 g/mol. The van der Waals surface area contributed by atoms with Gasteiger partial charge in [-0.15, -0.1) is 0 Å². The molecular formula is C21H28ClN2O4+. The molecule has 28 heavy (non-hydrogen) atoms. The molecule has 2 heterocycles. The van der Waals surface area contributed by atoms with Gasteiger partial charge in [0.25, 0.3) is 5.91 Å². The molecule has 3 N–H and O–H groups in total. The summed E-state index contributed by atoms with van der Waals surface area (Å²) in [7, 11) is 0. The topological polar surface area (TPSA) is 85.1 Å². The number of piperidine rings is 1. The highest BCUT2D eigenvalue weighted by Crippen LogP contribution is 2.31. The van der Waals surface area contributed by atoms with Crippen LogP contribution in [0.2, 0.25) is 5.02 Å². The molecule has 0 spiro atoms. The van der Waals surface area contributed by atoms with E-state index in [0.29, 0.717) is 16.4 Å². The Bertz CT molecular complexity index is 949. The van der Waals surface area contributed by atoms with E-state index in [1.807, 2.05) is 6.92 Å². The number of halogens is 1. The van der Waals surface area contributed by atoms with Crippen molar-refractivity contribution in [2.24, 2.45) is 0 Å². The molecule has 0 atom stereocenters. The maximum atomic E-state index is 12.4. The maximum Gasteiger partial charge on any atom is 0.336 e. The van der Waals surface area contributed by atoms with Crippen LogP contribution >= 0.6 is 11.6 Å². The van der Waals surface area contributed by atoms with Crippen molar-refractivity contribution in [1.29, 1.82) is 0 Å². The zero-order valence-electron chi connectivity index (χ0n) is 17.0. The van der Waals surface area contributed by atoms with Gasteiger partial charge >= 0.3 is 5.63 Å². The SMILES string of the molecule is Cc1cc(=O)oc2cc(OCC(=O)NC3CC(C)(C)[NH2+]C(C)(C)C3)c(Cl)cc12. The first kappa shape index (κ1) is 20.7. The van der Waals surface area contributed by atoms with E-state index in [4.69, 9.17) is 20.8 Å². The van der Waals surface area contributed by atoms with Crippen LogP contribution in [0, 0.1) is 6.92 Å². The largest absolute Gasteiger partial charge is 0.482 e. The molecule has 152 valence electrons. The minimum absolute atomic E-state index is 0.0671. The lowest BCUT2D eigenvalue weighted by atomic mass is 9.79. The van der Waals surface area contributed by atoms with Gasteiger partial charge in [0.1, 0.15) is 11.3 Å². The first-order valence-corrected chi connectivity index (χ1v) is 9.85. The summed E-state index contributed by atoms with van der Waals surface area (Å²) in [5.74, 6) is 0.121. The molecule has 1 fully saturated rings. The van der Waals surface area contributed by atoms with Crippen LogP contribution in [-0.4, -0.2) is 29.6 Å². The lowest BCUT2D eigenvalue weighted by molar-refractivity contribution is -0.787. The number of aryl methyl sites for hydroxylation is 1. The van der Waals surface area contributed by atoms with Gasteiger partial charge in [-0.25, -0.2) is 4.79 Å². The fourth-order valence-electron chi connectivity index (χ4n) is 4.46. The molecule has 7 heteroatoms. The Hall–Kier alpha value is -2.05. The van der Waals surface area contributed by atoms with Crippen LogP contribution in [-0.2, 0) is 4.79 Å². The van der Waals surface area contributed by atoms with Crippen molar-refractivity contribution in [2.45, 2.75) is 64.6 Å². The average Bonchev–Trinajstić information content (AvgIpc) is 2.50. The van der Waals surface area contributed by atoms with Gasteiger partial charge in [-0.3, -0.25) is 4.79 Å². The Balaban J connectivity index is 1.68. The summed E-state index contributed by atoms with van der Waals surface area (Å²) in [6.07, 6.45) is 1.78. The third kappa shape index (κ3) is 4.86. The first-order valence-electron chi connectivity index (χ1n) is 9.47. The number of fused-ring (bicyclic) bond motifs is 1. The number of nitrogens with two attached hydrogens (primary N) is 1. The van der Waals surface area contributed by atoms with Gasteiger partial charge in [0.15, 0.2) is 6.61 Å². The average molecular weight is 408 g/mol. The second-order valence-electron chi connectivity index (χ2n) is 9.11. The zero-order valence-corrected chi connectivity index (χ0v) is 17.8. The van der Waals surface area contributed by atoms with Crippen LogP contribution in [0.5, 0.6) is 5.75 Å². The molecule has 1 saturated heterocycles. The number of nitrogens with one attached hydrogen (secondary N) is 1. The second kappa shape index (κ2) is 7.41. The van der Waals surface area contributed by atoms with Crippen molar-refractivity contribution in [3.63, 3.8) is 0 Å². The number of carbonyl (C=O) groups is 1. The van der Waals surface area contributed by atoms with E-state index in [2.05, 4.69) is 38.3 Å². The van der Waals surface area contributed by atoms with Crippen molar-refractivity contribution in [2.75, 3.05) is 6.61 Å². The van der Waals surface area contributed by atoms with Gasteiger partial charge < -0.3 is 19.8 Å². The Morgan fingerprint density at radius 2 is 1.89 bits per heavy atom. The van der Waals surface area contributed by atoms with Crippen LogP contribution in [0.1, 0.15) is 46.1 Å². The predicted octanol–water partition coefficient (Wildman–Crippen LogP) is 2.53. The van der Waals surface area contributed by atoms with Crippen molar-refractivity contribution < 1.29 is 19.3 Å². The van der Waals surface area contributed by atoms with E-state index in [9.17, 15) is 9.59 Å². The summed E-state index contributed by atoms with van der Waals surface area (Å²) >= 11 is 6.28. The smallest absolute Gasteiger partial charge is 0.336 e. The molecule has 1 aliphatic heterocycles. The standard InChI is InChI=1S/C21H27ClN2O4/c1-12-6-19(26)28-16-8-17(15(22)7-14(12)16)27-11-18(25)23-13-9-20(2,3)24-21(4,5)10-13/h6-8,13,24H,9-11H2,1-5H3,(H,23,25)/p+1. The van der Waals surface area contributed by atoms with E-state index >= 15 is 0 Å². The summed E-state index contributed by atoms with van der Waals surface area (Å²) in [5.41, 5.74) is 0.859. The number of quaternary nitrogens is 1. The number of hydrogen-bond acceptors (Lipinski definition) is 4. The van der Waals surface area contributed by atoms with E-state index < -0.39 is 5.63 Å². The summed E-state index contributed by atoms with van der Waals surface area (Å²) in [5, 5.41) is 6.55. The van der Waals surface area contributed by atoms with Crippen LogP contribution < -0.4 is 21.0 Å². The zero-order chi connectivity index (χ0) is 20.7. The van der Waals surface area contributed by atoms with Gasteiger partial charge in [-0.2, -0.15) is 0 Å². The van der Waals surface area contributed by atoms with Gasteiger partial charge in [0, 0.05) is 36.4 Å². The number of amides is 1. The van der Waals surface area contributed by atoms with Crippen LogP contribution in [0.25, 0.3) is 11.0 Å². The summed E-state index contributed by atoms with van der Waals surface area (Å²) < 4.78 is 10.8. The van der Waals surface area contributed by atoms with Crippen LogP contribution in [0.3, 0.4) is 0 Å². The fraction of sp³-hybridized carbons (Fsp3) is 0.524. The normalized spacial score (nSPS) is 18.8. The number of ether oxygens (including phenoxy) is 1. The second-order valence-corrected chi connectivity index (χ2v) is 9.52. The highest BCUT2D eigenvalue weighted by atomic mass is 35.5. The van der Waals surface area contributed by atoms with E-state index in [1.165, 1.54) is 6.07 Å². The molecule has 0 radical (unpaired) electrons. The van der Waals surface area contributed by atoms with Gasteiger partial charge in [-0.05, 0) is 46.2 Å². The van der Waals surface area contributed by atoms with E-state index in [0.717, 1.165) is 23.8 Å². The van der Waals surface area contributed by atoms with Gasteiger partial charge in [0.05, 0.1) is 16.1 Å². The Morgan fingerprint density at radius 3 is 2.54 bits per heavy atom. The quantitative estimate of drug-likeness (QED) is 0.762. The first-order chi connectivity index (χ1) is 12.9. The molecule has 6 nitrogen and oxygen atoms in total. The molecule has 1 amide bonds. The number of rotatable bonds is 4. The molecule has 1 aliphatic rings. The molecule has 2 aromatic rings. The van der Waals surface area contributed by atoms with Crippen molar-refractivity contribution >= 4 is 28.5 Å². The van der Waals surface area contributed by atoms with Crippen molar-refractivity contribution in [1.82, 2.24) is 5.32 Å². The third-order valence-corrected chi connectivity index (χ3v) is 5.35. The molecule has 3 rings (SSSR count). The molecule has 0 bridgehead atoms. The Labute approximate surface area is 169 Å². The van der Waals surface area contributed by atoms with Gasteiger partial charge in [0.2, 0.25) is 0 Å². The lowest BCUT2D eigenvalue weighted by Gasteiger charge is -2.43. The number of hydrogen-bond donors (Lipinski definition) is 2. The van der Waals surface area contributed by atoms with Crippen LogP contribution in [0.4, 0.5) is 0 Å². The summed E-state index contributed by atoms with van der Waals surface area (Å²) in [6, 6.07) is 4.75.